The van der Waals surface area contributed by atoms with E-state index in [4.69, 9.17) is 9.47 Å². The molecule has 2 N–H and O–H groups in total. The molecule has 0 bridgehead atoms. The number of phenolic OH excluding ortho intramolecular Hbond substituents is 1. The Labute approximate surface area is 194 Å². The summed E-state index contributed by atoms with van der Waals surface area (Å²) in [5.74, 6) is 1.68. The van der Waals surface area contributed by atoms with Gasteiger partial charge in [-0.05, 0) is 62.1 Å². The maximum Gasteiger partial charge on any atom is 0.256 e. The third-order valence-electron chi connectivity index (χ3n) is 6.77. The van der Waals surface area contributed by atoms with Crippen LogP contribution in [-0.4, -0.2) is 72.7 Å². The summed E-state index contributed by atoms with van der Waals surface area (Å²) in [6.07, 6.45) is 2.83. The lowest BCUT2D eigenvalue weighted by Crippen LogP contribution is -2.46. The summed E-state index contributed by atoms with van der Waals surface area (Å²) in [6.45, 7) is 4.81. The van der Waals surface area contributed by atoms with Crippen molar-refractivity contribution in [1.29, 1.82) is 0 Å². The first-order valence-electron chi connectivity index (χ1n) is 11.4. The molecule has 0 unspecified atom stereocenters. The first-order valence-corrected chi connectivity index (χ1v) is 11.4. The van der Waals surface area contributed by atoms with Crippen LogP contribution in [0.25, 0.3) is 10.9 Å². The number of aromatic nitrogens is 1. The Hall–Kier alpha value is -3.19. The summed E-state index contributed by atoms with van der Waals surface area (Å²) in [5.41, 5.74) is 3.58. The quantitative estimate of drug-likeness (QED) is 0.568. The van der Waals surface area contributed by atoms with Crippen LogP contribution in [0.4, 0.5) is 0 Å². The Balaban J connectivity index is 1.35. The molecule has 1 aliphatic heterocycles. The number of fused-ring (bicyclic) bond motifs is 1. The molecule has 1 amide bonds. The molecule has 0 radical (unpaired) electrons. The van der Waals surface area contributed by atoms with E-state index in [0.717, 1.165) is 67.0 Å². The van der Waals surface area contributed by atoms with E-state index in [1.165, 1.54) is 5.56 Å². The fourth-order valence-corrected chi connectivity index (χ4v) is 4.79. The molecule has 4 rings (SSSR count). The van der Waals surface area contributed by atoms with Gasteiger partial charge in [0.2, 0.25) is 0 Å². The number of hydrogen-bond acceptors (Lipinski definition) is 5. The highest BCUT2D eigenvalue weighted by Crippen LogP contribution is 2.29. The number of hydrogen-bond donors (Lipinski definition) is 2. The van der Waals surface area contributed by atoms with Gasteiger partial charge >= 0.3 is 0 Å². The summed E-state index contributed by atoms with van der Waals surface area (Å²) in [7, 11) is 5.20. The average molecular weight is 452 g/mol. The van der Waals surface area contributed by atoms with Crippen LogP contribution in [0.15, 0.2) is 36.4 Å². The Morgan fingerprint density at radius 3 is 2.55 bits per heavy atom. The van der Waals surface area contributed by atoms with E-state index in [0.29, 0.717) is 5.56 Å². The molecule has 33 heavy (non-hydrogen) atoms. The highest BCUT2D eigenvalue weighted by molar-refractivity contribution is 6.08. The van der Waals surface area contributed by atoms with Crippen LogP contribution in [-0.2, 0) is 6.42 Å². The van der Waals surface area contributed by atoms with Gasteiger partial charge in [-0.3, -0.25) is 4.79 Å². The number of rotatable bonds is 7. The maximum atomic E-state index is 13.3. The topological polar surface area (TPSA) is 78.0 Å². The second-order valence-corrected chi connectivity index (χ2v) is 8.78. The van der Waals surface area contributed by atoms with E-state index in [1.54, 1.807) is 26.4 Å². The number of carbonyl (C=O) groups excluding carboxylic acids is 1. The van der Waals surface area contributed by atoms with Crippen LogP contribution in [0.2, 0.25) is 0 Å². The van der Waals surface area contributed by atoms with Gasteiger partial charge in [0.15, 0.2) is 11.5 Å². The number of likely N-dealkylation sites (tertiary alicyclic amines) is 1. The number of carbonyl (C=O) groups is 1. The summed E-state index contributed by atoms with van der Waals surface area (Å²) in [4.78, 5) is 20.9. The molecule has 0 spiro atoms. The van der Waals surface area contributed by atoms with Crippen molar-refractivity contribution in [2.45, 2.75) is 32.2 Å². The van der Waals surface area contributed by atoms with E-state index in [2.05, 4.69) is 16.0 Å². The molecule has 2 heterocycles. The number of aromatic hydroxyl groups is 1. The van der Waals surface area contributed by atoms with Gasteiger partial charge < -0.3 is 29.4 Å². The largest absolute Gasteiger partial charge is 0.508 e. The van der Waals surface area contributed by atoms with Crippen molar-refractivity contribution < 1.29 is 19.4 Å². The molecule has 7 heteroatoms. The number of aryl methyl sites for hydroxylation is 1. The molecule has 0 aliphatic carbocycles. The highest BCUT2D eigenvalue weighted by atomic mass is 16.5. The minimum Gasteiger partial charge on any atom is -0.508 e. The smallest absolute Gasteiger partial charge is 0.256 e. The van der Waals surface area contributed by atoms with Gasteiger partial charge in [0.1, 0.15) is 5.75 Å². The number of aromatic amines is 1. The van der Waals surface area contributed by atoms with Crippen molar-refractivity contribution >= 4 is 16.8 Å². The fourth-order valence-electron chi connectivity index (χ4n) is 4.79. The number of ether oxygens (including phenoxy) is 2. The zero-order valence-electron chi connectivity index (χ0n) is 19.9. The Kier molecular flexibility index (Phi) is 6.79. The lowest BCUT2D eigenvalue weighted by Gasteiger charge is -2.37. The monoisotopic (exact) mass is 451 g/mol. The van der Waals surface area contributed by atoms with Crippen molar-refractivity contribution in [3.8, 4) is 17.2 Å². The second kappa shape index (κ2) is 9.75. The molecular formula is C26H33N3O4. The van der Waals surface area contributed by atoms with Crippen LogP contribution in [0, 0.1) is 6.92 Å². The number of methoxy groups -OCH3 is 2. The van der Waals surface area contributed by atoms with Crippen molar-refractivity contribution in [3.63, 3.8) is 0 Å². The lowest BCUT2D eigenvalue weighted by atomic mass is 10.0. The Morgan fingerprint density at radius 2 is 1.85 bits per heavy atom. The van der Waals surface area contributed by atoms with Crippen LogP contribution in [0.5, 0.6) is 17.2 Å². The van der Waals surface area contributed by atoms with E-state index in [1.807, 2.05) is 37.1 Å². The van der Waals surface area contributed by atoms with Crippen molar-refractivity contribution in [2.24, 2.45) is 0 Å². The van der Waals surface area contributed by atoms with Crippen LogP contribution >= 0.6 is 0 Å². The highest BCUT2D eigenvalue weighted by Gasteiger charge is 2.28. The SMILES string of the molecule is COc1ccc(CCN2CCC(N(C)C(=O)c3c(C)[nH]c4ccc(O)cc34)CC2)cc1OC. The first kappa shape index (κ1) is 23.0. The number of piperidine rings is 1. The van der Waals surface area contributed by atoms with Crippen LogP contribution in [0.3, 0.4) is 0 Å². The number of nitrogens with zero attached hydrogens (tertiary/aromatic N) is 2. The fraction of sp³-hybridized carbons (Fsp3) is 0.423. The molecule has 1 aromatic heterocycles. The van der Waals surface area contributed by atoms with Crippen LogP contribution < -0.4 is 9.47 Å². The van der Waals surface area contributed by atoms with E-state index in [9.17, 15) is 9.90 Å². The van der Waals surface area contributed by atoms with E-state index < -0.39 is 0 Å². The van der Waals surface area contributed by atoms with Gasteiger partial charge in [-0.2, -0.15) is 0 Å². The second-order valence-electron chi connectivity index (χ2n) is 8.78. The van der Waals surface area contributed by atoms with Gasteiger partial charge in [0.25, 0.3) is 5.91 Å². The molecule has 3 aromatic rings. The van der Waals surface area contributed by atoms with Gasteiger partial charge in [0.05, 0.1) is 19.8 Å². The number of H-pyrrole nitrogens is 1. The van der Waals surface area contributed by atoms with Crippen molar-refractivity contribution in [1.82, 2.24) is 14.8 Å². The predicted octanol–water partition coefficient (Wildman–Crippen LogP) is 3.98. The molecule has 7 nitrogen and oxygen atoms in total. The van der Waals surface area contributed by atoms with Crippen molar-refractivity contribution in [3.05, 3.63) is 53.2 Å². The molecule has 1 aliphatic rings. The number of phenols is 1. The number of benzene rings is 2. The standard InChI is InChI=1S/C26H33N3O4/c1-17-25(21-16-20(30)6-7-22(21)27-17)26(31)28(2)19-10-13-29(14-11-19)12-9-18-5-8-23(32-3)24(15-18)33-4/h5-8,15-16,19,27,30H,9-14H2,1-4H3. The molecule has 1 fully saturated rings. The number of nitrogens with one attached hydrogen (secondary N) is 1. The van der Waals surface area contributed by atoms with E-state index >= 15 is 0 Å². The van der Waals surface area contributed by atoms with Crippen molar-refractivity contribution in [2.75, 3.05) is 40.9 Å². The van der Waals surface area contributed by atoms with Gasteiger partial charge in [-0.15, -0.1) is 0 Å². The Morgan fingerprint density at radius 1 is 1.12 bits per heavy atom. The van der Waals surface area contributed by atoms with Gasteiger partial charge in [-0.25, -0.2) is 0 Å². The average Bonchev–Trinajstić information content (AvgIpc) is 3.16. The van der Waals surface area contributed by atoms with Gasteiger partial charge in [-0.1, -0.05) is 6.07 Å². The summed E-state index contributed by atoms with van der Waals surface area (Å²) >= 11 is 0. The molecule has 0 atom stereocenters. The third kappa shape index (κ3) is 4.78. The molecule has 2 aromatic carbocycles. The first-order chi connectivity index (χ1) is 15.9. The predicted molar refractivity (Wildman–Crippen MR) is 130 cm³/mol. The normalized spacial score (nSPS) is 15.0. The zero-order valence-corrected chi connectivity index (χ0v) is 19.9. The van der Waals surface area contributed by atoms with Crippen LogP contribution in [0.1, 0.15) is 34.5 Å². The third-order valence-corrected chi connectivity index (χ3v) is 6.77. The minimum absolute atomic E-state index is 0.00753. The molecule has 1 saturated heterocycles. The summed E-state index contributed by atoms with van der Waals surface area (Å²) in [6, 6.07) is 11.4. The van der Waals surface area contributed by atoms with E-state index in [-0.39, 0.29) is 17.7 Å². The molecular weight excluding hydrogens is 418 g/mol. The maximum absolute atomic E-state index is 13.3. The lowest BCUT2D eigenvalue weighted by molar-refractivity contribution is 0.0645. The zero-order chi connectivity index (χ0) is 23.5. The summed E-state index contributed by atoms with van der Waals surface area (Å²) < 4.78 is 10.7. The molecule has 176 valence electrons. The van der Waals surface area contributed by atoms with Gasteiger partial charge in [0, 0.05) is 49.3 Å². The number of amides is 1. The minimum atomic E-state index is 0.00753. The molecule has 0 saturated carbocycles. The Bertz CT molecular complexity index is 1130. The summed E-state index contributed by atoms with van der Waals surface area (Å²) in [5, 5.41) is 10.7.